The van der Waals surface area contributed by atoms with Gasteiger partial charge >= 0.3 is 0 Å². The van der Waals surface area contributed by atoms with Crippen LogP contribution in [-0.4, -0.2) is 35.6 Å². The highest BCUT2D eigenvalue weighted by Gasteiger charge is 2.45. The Morgan fingerprint density at radius 1 is 1.09 bits per heavy atom. The summed E-state index contributed by atoms with van der Waals surface area (Å²) in [5, 5.41) is 10.5. The van der Waals surface area contributed by atoms with E-state index in [9.17, 15) is 5.26 Å². The average molecular weight is 541 g/mol. The van der Waals surface area contributed by atoms with Crippen LogP contribution >= 0.6 is 22.6 Å². The third-order valence-corrected chi connectivity index (χ3v) is 6.55. The van der Waals surface area contributed by atoms with Gasteiger partial charge in [0.1, 0.15) is 6.07 Å². The topological polar surface area (TPSA) is 77.3 Å². The lowest BCUT2D eigenvalue weighted by Crippen LogP contribution is -2.41. The second-order valence-electron chi connectivity index (χ2n) is 8.29. The van der Waals surface area contributed by atoms with Crippen molar-refractivity contribution in [3.63, 3.8) is 0 Å². The summed E-state index contributed by atoms with van der Waals surface area (Å²) < 4.78 is 20.0. The molecule has 1 aromatic heterocycles. The summed E-state index contributed by atoms with van der Waals surface area (Å²) in [6.07, 6.45) is 4.87. The van der Waals surface area contributed by atoms with Gasteiger partial charge in [-0.05, 0) is 78.5 Å². The van der Waals surface area contributed by atoms with Crippen LogP contribution in [0.2, 0.25) is 0 Å². The molecule has 2 fully saturated rings. The first kappa shape index (κ1) is 21.7. The number of halogens is 1. The van der Waals surface area contributed by atoms with Crippen LogP contribution in [0.1, 0.15) is 49.2 Å². The highest BCUT2D eigenvalue weighted by molar-refractivity contribution is 14.1. The number of nitriles is 1. The third-order valence-electron chi connectivity index (χ3n) is 5.88. The fraction of sp³-hybridized carbons (Fsp3) is 0.400. The largest absolute Gasteiger partial charge is 0.358 e. The lowest BCUT2D eigenvalue weighted by atomic mass is 9.88. The van der Waals surface area contributed by atoms with Gasteiger partial charge in [-0.3, -0.25) is 0 Å². The van der Waals surface area contributed by atoms with Gasteiger partial charge in [0.15, 0.2) is 11.9 Å². The smallest absolute Gasteiger partial charge is 0.233 e. The predicted molar refractivity (Wildman–Crippen MR) is 128 cm³/mol. The van der Waals surface area contributed by atoms with Gasteiger partial charge in [0.25, 0.3) is 0 Å². The summed E-state index contributed by atoms with van der Waals surface area (Å²) in [6.45, 7) is 0.959. The Morgan fingerprint density at radius 3 is 2.66 bits per heavy atom. The van der Waals surface area contributed by atoms with Crippen molar-refractivity contribution in [2.24, 2.45) is 0 Å². The molecule has 6 nitrogen and oxygen atoms in total. The van der Waals surface area contributed by atoms with Crippen LogP contribution in [0.5, 0.6) is 0 Å². The van der Waals surface area contributed by atoms with E-state index in [1.54, 1.807) is 0 Å². The van der Waals surface area contributed by atoms with E-state index in [1.165, 1.54) is 0 Å². The van der Waals surface area contributed by atoms with Crippen LogP contribution in [-0.2, 0) is 19.8 Å². The van der Waals surface area contributed by atoms with Gasteiger partial charge < -0.3 is 14.2 Å². The van der Waals surface area contributed by atoms with Crippen LogP contribution < -0.4 is 0 Å². The molecule has 5 rings (SSSR count). The second-order valence-corrected chi connectivity index (χ2v) is 9.53. The van der Waals surface area contributed by atoms with Crippen LogP contribution in [0.25, 0.3) is 10.9 Å². The SMILES string of the molecule is N#Cc1nc(C(COC2CCCCO2)(OC2CC2)c2ccccc2)c2cc(I)ccc2n1. The number of nitrogens with zero attached hydrogens (tertiary/aromatic N) is 3. The van der Waals surface area contributed by atoms with E-state index in [1.807, 2.05) is 42.5 Å². The minimum absolute atomic E-state index is 0.127. The molecule has 3 aromatic rings. The van der Waals surface area contributed by atoms with E-state index in [0.717, 1.165) is 52.1 Å². The Bertz CT molecular complexity index is 1140. The first-order chi connectivity index (χ1) is 15.7. The van der Waals surface area contributed by atoms with Crippen molar-refractivity contribution in [2.75, 3.05) is 13.2 Å². The normalized spacial score (nSPS) is 20.6. The van der Waals surface area contributed by atoms with E-state index in [2.05, 4.69) is 39.7 Å². The highest BCUT2D eigenvalue weighted by atomic mass is 127. The molecule has 0 N–H and O–H groups in total. The van der Waals surface area contributed by atoms with Crippen molar-refractivity contribution >= 4 is 33.5 Å². The van der Waals surface area contributed by atoms with Gasteiger partial charge in [0.05, 0.1) is 23.9 Å². The van der Waals surface area contributed by atoms with Crippen LogP contribution in [0, 0.1) is 14.9 Å². The van der Waals surface area contributed by atoms with E-state index in [-0.39, 0.29) is 24.8 Å². The molecule has 1 saturated heterocycles. The van der Waals surface area contributed by atoms with Gasteiger partial charge in [-0.15, -0.1) is 0 Å². The van der Waals surface area contributed by atoms with E-state index in [4.69, 9.17) is 19.2 Å². The molecule has 0 spiro atoms. The van der Waals surface area contributed by atoms with Crippen molar-refractivity contribution in [3.05, 3.63) is 69.2 Å². The minimum Gasteiger partial charge on any atom is -0.358 e. The molecule has 1 saturated carbocycles. The van der Waals surface area contributed by atoms with Crippen LogP contribution in [0.3, 0.4) is 0 Å². The molecule has 1 aliphatic carbocycles. The average Bonchev–Trinajstić information content (AvgIpc) is 3.66. The number of benzene rings is 2. The number of fused-ring (bicyclic) bond motifs is 1. The Morgan fingerprint density at radius 2 is 1.94 bits per heavy atom. The first-order valence-electron chi connectivity index (χ1n) is 11.0. The van der Waals surface area contributed by atoms with E-state index >= 15 is 0 Å². The molecule has 32 heavy (non-hydrogen) atoms. The number of ether oxygens (including phenoxy) is 3. The van der Waals surface area contributed by atoms with Crippen molar-refractivity contribution in [3.8, 4) is 6.07 Å². The monoisotopic (exact) mass is 541 g/mol. The van der Waals surface area contributed by atoms with Gasteiger partial charge in [-0.2, -0.15) is 5.26 Å². The van der Waals surface area contributed by atoms with Crippen molar-refractivity contribution < 1.29 is 14.2 Å². The zero-order valence-corrected chi connectivity index (χ0v) is 19.8. The Kier molecular flexibility index (Phi) is 6.37. The lowest BCUT2D eigenvalue weighted by Gasteiger charge is -2.36. The molecule has 0 radical (unpaired) electrons. The summed E-state index contributed by atoms with van der Waals surface area (Å²) in [5.74, 6) is 0.127. The summed E-state index contributed by atoms with van der Waals surface area (Å²) in [7, 11) is 0. The quantitative estimate of drug-likeness (QED) is 0.389. The molecule has 2 aliphatic rings. The number of hydrogen-bond donors (Lipinski definition) is 0. The molecular formula is C25H24IN3O3. The van der Waals surface area contributed by atoms with Crippen molar-refractivity contribution in [2.45, 2.75) is 50.1 Å². The Labute approximate surface area is 201 Å². The fourth-order valence-electron chi connectivity index (χ4n) is 4.14. The molecule has 2 aromatic carbocycles. The third kappa shape index (κ3) is 4.50. The van der Waals surface area contributed by atoms with Gasteiger partial charge in [0, 0.05) is 15.6 Å². The molecule has 2 unspecified atom stereocenters. The zero-order valence-electron chi connectivity index (χ0n) is 17.7. The van der Waals surface area contributed by atoms with Crippen LogP contribution in [0.4, 0.5) is 0 Å². The number of rotatable bonds is 7. The first-order valence-corrected chi connectivity index (χ1v) is 12.1. The summed E-state index contributed by atoms with van der Waals surface area (Å²) >= 11 is 2.29. The fourth-order valence-corrected chi connectivity index (χ4v) is 4.63. The van der Waals surface area contributed by atoms with E-state index in [0.29, 0.717) is 12.3 Å². The molecule has 0 bridgehead atoms. The van der Waals surface area contributed by atoms with Gasteiger partial charge in [-0.1, -0.05) is 30.3 Å². The molecule has 1 aliphatic heterocycles. The highest BCUT2D eigenvalue weighted by Crippen LogP contribution is 2.42. The van der Waals surface area contributed by atoms with Crippen molar-refractivity contribution in [1.29, 1.82) is 5.26 Å². The van der Waals surface area contributed by atoms with Crippen LogP contribution in [0.15, 0.2) is 48.5 Å². The maximum Gasteiger partial charge on any atom is 0.233 e. The zero-order chi connectivity index (χ0) is 22.0. The summed E-state index contributed by atoms with van der Waals surface area (Å²) in [5.41, 5.74) is 1.37. The molecule has 0 amide bonds. The maximum atomic E-state index is 9.67. The van der Waals surface area contributed by atoms with Crippen molar-refractivity contribution in [1.82, 2.24) is 9.97 Å². The molecule has 7 heteroatoms. The van der Waals surface area contributed by atoms with Gasteiger partial charge in [0.2, 0.25) is 5.82 Å². The molecule has 164 valence electrons. The number of aromatic nitrogens is 2. The summed E-state index contributed by atoms with van der Waals surface area (Å²) in [6, 6.07) is 18.2. The maximum absolute atomic E-state index is 9.67. The molecule has 2 atom stereocenters. The second kappa shape index (κ2) is 9.40. The Balaban J connectivity index is 1.69. The predicted octanol–water partition coefficient (Wildman–Crippen LogP) is 5.07. The standard InChI is InChI=1S/C25H24IN3O3/c26-18-9-12-21-20(14-18)24(29-22(15-27)28-21)25(32-19-10-11-19,17-6-2-1-3-7-17)16-31-23-8-4-5-13-30-23/h1-3,6-7,9,12,14,19,23H,4-5,8,10-11,13,16H2. The molecule has 2 heterocycles. The van der Waals surface area contributed by atoms with Gasteiger partial charge in [-0.25, -0.2) is 9.97 Å². The lowest BCUT2D eigenvalue weighted by molar-refractivity contribution is -0.197. The summed E-state index contributed by atoms with van der Waals surface area (Å²) in [4.78, 5) is 9.18. The Hall–Kier alpha value is -2.12. The number of hydrogen-bond acceptors (Lipinski definition) is 6. The minimum atomic E-state index is -0.972. The molecular weight excluding hydrogens is 517 g/mol. The van der Waals surface area contributed by atoms with E-state index < -0.39 is 5.60 Å².